The summed E-state index contributed by atoms with van der Waals surface area (Å²) in [7, 11) is 0. The Kier molecular flexibility index (Phi) is 4.78. The Balaban J connectivity index is 1.87. The SMILES string of the molecule is O=Cc1ccc(/C=C2\SC(=S)N(c3ccc(C(=O)O)cc3)C2=O)cc1. The van der Waals surface area contributed by atoms with Gasteiger partial charge < -0.3 is 5.11 Å². The third-order valence-electron chi connectivity index (χ3n) is 3.54. The van der Waals surface area contributed by atoms with Crippen LogP contribution in [0.25, 0.3) is 6.08 Å². The van der Waals surface area contributed by atoms with E-state index in [1.807, 2.05) is 0 Å². The second-order valence-corrected chi connectivity index (χ2v) is 6.83. The van der Waals surface area contributed by atoms with E-state index in [4.69, 9.17) is 17.3 Å². The predicted molar refractivity (Wildman–Crippen MR) is 101 cm³/mol. The van der Waals surface area contributed by atoms with Gasteiger partial charge in [0.1, 0.15) is 6.29 Å². The van der Waals surface area contributed by atoms with E-state index < -0.39 is 5.97 Å². The van der Waals surface area contributed by atoms with Crippen LogP contribution in [0.5, 0.6) is 0 Å². The van der Waals surface area contributed by atoms with Crippen molar-refractivity contribution in [1.29, 1.82) is 0 Å². The van der Waals surface area contributed by atoms with Crippen molar-refractivity contribution in [1.82, 2.24) is 0 Å². The lowest BCUT2D eigenvalue weighted by atomic mass is 10.1. The van der Waals surface area contributed by atoms with Crippen LogP contribution in [0.1, 0.15) is 26.3 Å². The van der Waals surface area contributed by atoms with Crippen molar-refractivity contribution in [3.63, 3.8) is 0 Å². The first kappa shape index (κ1) is 17.1. The van der Waals surface area contributed by atoms with E-state index in [9.17, 15) is 14.4 Å². The lowest BCUT2D eigenvalue weighted by Crippen LogP contribution is -2.27. The van der Waals surface area contributed by atoms with Crippen molar-refractivity contribution in [2.45, 2.75) is 0 Å². The first-order valence-corrected chi connectivity index (χ1v) is 8.38. The summed E-state index contributed by atoms with van der Waals surface area (Å²) in [5, 5.41) is 8.95. The maximum atomic E-state index is 12.6. The molecule has 0 bridgehead atoms. The molecule has 0 unspecified atom stereocenters. The summed E-state index contributed by atoms with van der Waals surface area (Å²) in [5.41, 5.74) is 2.00. The van der Waals surface area contributed by atoms with E-state index in [1.54, 1.807) is 42.5 Å². The van der Waals surface area contributed by atoms with E-state index in [0.29, 0.717) is 20.5 Å². The van der Waals surface area contributed by atoms with Gasteiger partial charge in [-0.25, -0.2) is 4.79 Å². The Bertz CT molecular complexity index is 902. The number of hydrogen-bond acceptors (Lipinski definition) is 5. The van der Waals surface area contributed by atoms with E-state index in [-0.39, 0.29) is 11.5 Å². The molecule has 2 aromatic carbocycles. The van der Waals surface area contributed by atoms with Crippen molar-refractivity contribution in [2.75, 3.05) is 4.90 Å². The van der Waals surface area contributed by atoms with Crippen LogP contribution < -0.4 is 4.90 Å². The van der Waals surface area contributed by atoms with Gasteiger partial charge in [0.05, 0.1) is 16.2 Å². The minimum absolute atomic E-state index is 0.139. The van der Waals surface area contributed by atoms with Crippen molar-refractivity contribution >= 4 is 58.2 Å². The minimum Gasteiger partial charge on any atom is -0.478 e. The Morgan fingerprint density at radius 1 is 1.04 bits per heavy atom. The van der Waals surface area contributed by atoms with Crippen molar-refractivity contribution in [2.24, 2.45) is 0 Å². The first-order valence-electron chi connectivity index (χ1n) is 7.16. The van der Waals surface area contributed by atoms with Crippen LogP contribution in [0.15, 0.2) is 53.4 Å². The number of carboxylic acid groups (broad SMARTS) is 1. The fourth-order valence-corrected chi connectivity index (χ4v) is 3.56. The molecule has 0 spiro atoms. The Labute approximate surface area is 153 Å². The second-order valence-electron chi connectivity index (χ2n) is 5.15. The zero-order chi connectivity index (χ0) is 18.0. The number of thiocarbonyl (C=S) groups is 1. The molecule has 0 saturated carbocycles. The highest BCUT2D eigenvalue weighted by Crippen LogP contribution is 2.36. The summed E-state index contributed by atoms with van der Waals surface area (Å²) in [6, 6.07) is 12.8. The molecule has 124 valence electrons. The van der Waals surface area contributed by atoms with E-state index >= 15 is 0 Å². The number of rotatable bonds is 4. The largest absolute Gasteiger partial charge is 0.478 e. The maximum absolute atomic E-state index is 12.6. The fourth-order valence-electron chi connectivity index (χ4n) is 2.27. The van der Waals surface area contributed by atoms with E-state index in [0.717, 1.165) is 11.8 Å². The quantitative estimate of drug-likeness (QED) is 0.504. The van der Waals surface area contributed by atoms with Gasteiger partial charge in [0.25, 0.3) is 5.91 Å². The third-order valence-corrected chi connectivity index (χ3v) is 4.84. The summed E-state index contributed by atoms with van der Waals surface area (Å²) in [5.74, 6) is -1.30. The molecule has 5 nitrogen and oxygen atoms in total. The van der Waals surface area contributed by atoms with Crippen molar-refractivity contribution in [3.8, 4) is 0 Å². The fraction of sp³-hybridized carbons (Fsp3) is 0. The number of carboxylic acids is 1. The zero-order valence-corrected chi connectivity index (χ0v) is 14.3. The molecule has 0 aliphatic carbocycles. The number of anilines is 1. The minimum atomic E-state index is -1.03. The first-order chi connectivity index (χ1) is 12.0. The van der Waals surface area contributed by atoms with Crippen LogP contribution in [-0.4, -0.2) is 27.6 Å². The van der Waals surface area contributed by atoms with Crippen LogP contribution >= 0.6 is 24.0 Å². The zero-order valence-electron chi connectivity index (χ0n) is 12.7. The molecule has 1 aliphatic heterocycles. The standard InChI is InChI=1S/C18H11NO4S2/c20-10-12-3-1-11(2-4-12)9-15-16(21)19(18(24)25-15)14-7-5-13(6-8-14)17(22)23/h1-10H,(H,22,23)/b15-9-. The number of thioether (sulfide) groups is 1. The molecule has 7 heteroatoms. The Hall–Kier alpha value is -2.77. The number of nitrogens with zero attached hydrogens (tertiary/aromatic N) is 1. The molecule has 2 aromatic rings. The van der Waals surface area contributed by atoms with Crippen molar-refractivity contribution in [3.05, 3.63) is 70.1 Å². The molecule has 1 aliphatic rings. The molecule has 0 atom stereocenters. The van der Waals surface area contributed by atoms with Crippen LogP contribution in [0.3, 0.4) is 0 Å². The molecular formula is C18H11NO4S2. The summed E-state index contributed by atoms with van der Waals surface area (Å²) in [6.45, 7) is 0. The van der Waals surface area contributed by atoms with Gasteiger partial charge in [-0.05, 0) is 35.9 Å². The normalized spacial score (nSPS) is 15.7. The molecule has 25 heavy (non-hydrogen) atoms. The molecule has 0 aromatic heterocycles. The maximum Gasteiger partial charge on any atom is 0.335 e. The van der Waals surface area contributed by atoms with Crippen LogP contribution in [0.2, 0.25) is 0 Å². The monoisotopic (exact) mass is 369 g/mol. The van der Waals surface area contributed by atoms with Crippen LogP contribution in [0, 0.1) is 0 Å². The third kappa shape index (κ3) is 3.52. The van der Waals surface area contributed by atoms with Gasteiger partial charge in [0.15, 0.2) is 4.32 Å². The number of amides is 1. The average Bonchev–Trinajstić information content (AvgIpc) is 2.89. The summed E-state index contributed by atoms with van der Waals surface area (Å²) in [6.07, 6.45) is 2.46. The van der Waals surface area contributed by atoms with Crippen molar-refractivity contribution < 1.29 is 19.5 Å². The topological polar surface area (TPSA) is 74.7 Å². The highest BCUT2D eigenvalue weighted by molar-refractivity contribution is 8.27. The number of hydrogen-bond donors (Lipinski definition) is 1. The smallest absolute Gasteiger partial charge is 0.335 e. The molecule has 0 radical (unpaired) electrons. The summed E-state index contributed by atoms with van der Waals surface area (Å²) < 4.78 is 0.379. The summed E-state index contributed by atoms with van der Waals surface area (Å²) >= 11 is 6.46. The highest BCUT2D eigenvalue weighted by atomic mass is 32.2. The molecule has 1 fully saturated rings. The van der Waals surface area contributed by atoms with Gasteiger partial charge in [-0.1, -0.05) is 48.2 Å². The Morgan fingerprint density at radius 2 is 1.64 bits per heavy atom. The number of aromatic carboxylic acids is 1. The van der Waals surface area contributed by atoms with Gasteiger partial charge in [0.2, 0.25) is 0 Å². The van der Waals surface area contributed by atoms with Gasteiger partial charge >= 0.3 is 5.97 Å². The lowest BCUT2D eigenvalue weighted by molar-refractivity contribution is -0.113. The second kappa shape index (κ2) is 7.00. The molecule has 1 heterocycles. The highest BCUT2D eigenvalue weighted by Gasteiger charge is 2.33. The van der Waals surface area contributed by atoms with Gasteiger partial charge in [-0.15, -0.1) is 0 Å². The van der Waals surface area contributed by atoms with Crippen LogP contribution in [0.4, 0.5) is 5.69 Å². The van der Waals surface area contributed by atoms with Crippen LogP contribution in [-0.2, 0) is 4.79 Å². The van der Waals surface area contributed by atoms with Gasteiger partial charge in [0, 0.05) is 5.56 Å². The van der Waals surface area contributed by atoms with E-state index in [1.165, 1.54) is 28.8 Å². The number of aldehydes is 1. The van der Waals surface area contributed by atoms with Gasteiger partial charge in [-0.3, -0.25) is 14.5 Å². The number of benzene rings is 2. The molecule has 1 N–H and O–H groups in total. The van der Waals surface area contributed by atoms with E-state index in [2.05, 4.69) is 0 Å². The van der Waals surface area contributed by atoms with Gasteiger partial charge in [-0.2, -0.15) is 0 Å². The molecule has 1 amide bonds. The summed E-state index contributed by atoms with van der Waals surface area (Å²) in [4.78, 5) is 36.1. The molecule has 1 saturated heterocycles. The molecule has 3 rings (SSSR count). The number of carbonyl (C=O) groups excluding carboxylic acids is 2. The Morgan fingerprint density at radius 3 is 2.20 bits per heavy atom. The average molecular weight is 369 g/mol. The molecular weight excluding hydrogens is 358 g/mol. The number of carbonyl (C=O) groups is 3. The predicted octanol–water partition coefficient (Wildman–Crippen LogP) is 3.60. The lowest BCUT2D eigenvalue weighted by Gasteiger charge is -2.14.